The maximum atomic E-state index is 12.3. The molecule has 0 saturated heterocycles. The number of aliphatic carboxylic acids is 1. The Balaban J connectivity index is 2.22. The van der Waals surface area contributed by atoms with Gasteiger partial charge in [0, 0.05) is 22.2 Å². The van der Waals surface area contributed by atoms with Crippen molar-refractivity contribution in [3.63, 3.8) is 0 Å². The standard InChI is InChI=1S/C16H18N2O3S/c1-9(2)13(16(20)21)18-14(19)11-5-4-6-12(7-11)15-17-10(3)8-22-15/h4-9,13H,1-3H3,(H,18,19)(H,20,21). The van der Waals surface area contributed by atoms with E-state index in [-0.39, 0.29) is 5.92 Å². The Labute approximate surface area is 133 Å². The third kappa shape index (κ3) is 3.71. The topological polar surface area (TPSA) is 79.3 Å². The van der Waals surface area contributed by atoms with E-state index in [1.807, 2.05) is 18.4 Å². The van der Waals surface area contributed by atoms with Crippen molar-refractivity contribution in [3.8, 4) is 10.6 Å². The minimum atomic E-state index is -1.03. The summed E-state index contributed by atoms with van der Waals surface area (Å²) in [6.45, 7) is 5.43. The number of aromatic nitrogens is 1. The third-order valence-electron chi connectivity index (χ3n) is 3.21. The molecule has 1 aromatic heterocycles. The molecule has 0 bridgehead atoms. The molecule has 0 aliphatic carbocycles. The molecule has 1 aromatic carbocycles. The SMILES string of the molecule is Cc1csc(-c2cccc(C(=O)NC(C(=O)O)C(C)C)c2)n1. The molecular weight excluding hydrogens is 300 g/mol. The molecule has 2 rings (SSSR count). The molecule has 6 heteroatoms. The Morgan fingerprint density at radius 1 is 1.32 bits per heavy atom. The van der Waals surface area contributed by atoms with Gasteiger partial charge in [0.25, 0.3) is 5.91 Å². The van der Waals surface area contributed by atoms with Gasteiger partial charge in [-0.1, -0.05) is 26.0 Å². The zero-order valence-electron chi connectivity index (χ0n) is 12.7. The van der Waals surface area contributed by atoms with Crippen molar-refractivity contribution in [3.05, 3.63) is 40.9 Å². The number of carbonyl (C=O) groups is 2. The lowest BCUT2D eigenvalue weighted by atomic mass is 10.0. The molecule has 0 aliphatic rings. The minimum absolute atomic E-state index is 0.189. The van der Waals surface area contributed by atoms with Gasteiger partial charge in [-0.3, -0.25) is 4.79 Å². The highest BCUT2D eigenvalue weighted by Gasteiger charge is 2.24. The molecule has 0 aliphatic heterocycles. The molecule has 0 spiro atoms. The number of nitrogens with zero attached hydrogens (tertiary/aromatic N) is 1. The van der Waals surface area contributed by atoms with Gasteiger partial charge in [-0.25, -0.2) is 9.78 Å². The Morgan fingerprint density at radius 3 is 2.59 bits per heavy atom. The van der Waals surface area contributed by atoms with Crippen LogP contribution in [0.1, 0.15) is 29.9 Å². The van der Waals surface area contributed by atoms with E-state index in [1.54, 1.807) is 32.0 Å². The summed E-state index contributed by atoms with van der Waals surface area (Å²) < 4.78 is 0. The second-order valence-corrected chi connectivity index (χ2v) is 6.27. The summed E-state index contributed by atoms with van der Waals surface area (Å²) in [4.78, 5) is 27.8. The Morgan fingerprint density at radius 2 is 2.05 bits per heavy atom. The van der Waals surface area contributed by atoms with Gasteiger partial charge in [-0.05, 0) is 25.0 Å². The van der Waals surface area contributed by atoms with Gasteiger partial charge in [0.05, 0.1) is 0 Å². The van der Waals surface area contributed by atoms with Crippen LogP contribution < -0.4 is 5.32 Å². The number of rotatable bonds is 5. The van der Waals surface area contributed by atoms with Crippen LogP contribution >= 0.6 is 11.3 Å². The summed E-state index contributed by atoms with van der Waals surface area (Å²) in [6.07, 6.45) is 0. The van der Waals surface area contributed by atoms with Crippen LogP contribution in [0, 0.1) is 12.8 Å². The summed E-state index contributed by atoms with van der Waals surface area (Å²) >= 11 is 1.51. The van der Waals surface area contributed by atoms with Crippen molar-refractivity contribution < 1.29 is 14.7 Å². The summed E-state index contributed by atoms with van der Waals surface area (Å²) in [6, 6.07) is 6.14. The van der Waals surface area contributed by atoms with Crippen LogP contribution in [0.25, 0.3) is 10.6 Å². The molecule has 1 unspecified atom stereocenters. The van der Waals surface area contributed by atoms with Gasteiger partial charge in [0.15, 0.2) is 0 Å². The van der Waals surface area contributed by atoms with Crippen LogP contribution in [0.2, 0.25) is 0 Å². The number of hydrogen-bond acceptors (Lipinski definition) is 4. The van der Waals surface area contributed by atoms with E-state index in [9.17, 15) is 9.59 Å². The van der Waals surface area contributed by atoms with Crippen LogP contribution in [0.4, 0.5) is 0 Å². The molecule has 2 N–H and O–H groups in total. The van der Waals surface area contributed by atoms with Crippen molar-refractivity contribution in [1.82, 2.24) is 10.3 Å². The van der Waals surface area contributed by atoms with Gasteiger partial charge in [0.1, 0.15) is 11.0 Å². The number of thiazole rings is 1. The van der Waals surface area contributed by atoms with Crippen LogP contribution in [-0.4, -0.2) is 28.0 Å². The maximum Gasteiger partial charge on any atom is 0.326 e. The van der Waals surface area contributed by atoms with Crippen molar-refractivity contribution >= 4 is 23.2 Å². The molecule has 1 amide bonds. The second kappa shape index (κ2) is 6.70. The fourth-order valence-electron chi connectivity index (χ4n) is 2.02. The first-order chi connectivity index (χ1) is 10.4. The molecule has 2 aromatic rings. The average Bonchev–Trinajstić information content (AvgIpc) is 2.90. The molecule has 5 nitrogen and oxygen atoms in total. The largest absolute Gasteiger partial charge is 0.480 e. The third-order valence-corrected chi connectivity index (χ3v) is 4.22. The van der Waals surface area contributed by atoms with E-state index in [1.165, 1.54) is 11.3 Å². The Bertz CT molecular complexity index is 694. The van der Waals surface area contributed by atoms with E-state index >= 15 is 0 Å². The van der Waals surface area contributed by atoms with Crippen LogP contribution in [-0.2, 0) is 4.79 Å². The zero-order chi connectivity index (χ0) is 16.3. The van der Waals surface area contributed by atoms with E-state index in [0.717, 1.165) is 16.3 Å². The lowest BCUT2D eigenvalue weighted by Crippen LogP contribution is -2.44. The summed E-state index contributed by atoms with van der Waals surface area (Å²) in [5.41, 5.74) is 2.21. The number of carbonyl (C=O) groups excluding carboxylic acids is 1. The van der Waals surface area contributed by atoms with Crippen molar-refractivity contribution in [2.45, 2.75) is 26.8 Å². The summed E-state index contributed by atoms with van der Waals surface area (Å²) in [5.74, 6) is -1.61. The van der Waals surface area contributed by atoms with E-state index < -0.39 is 17.9 Å². The van der Waals surface area contributed by atoms with Gasteiger partial charge in [-0.15, -0.1) is 11.3 Å². The quantitative estimate of drug-likeness (QED) is 0.888. The van der Waals surface area contributed by atoms with Crippen LogP contribution in [0.3, 0.4) is 0 Å². The lowest BCUT2D eigenvalue weighted by Gasteiger charge is -2.18. The van der Waals surface area contributed by atoms with Crippen molar-refractivity contribution in [2.75, 3.05) is 0 Å². The van der Waals surface area contributed by atoms with Crippen molar-refractivity contribution in [1.29, 1.82) is 0 Å². The Kier molecular flexibility index (Phi) is 4.92. The van der Waals surface area contributed by atoms with Gasteiger partial charge >= 0.3 is 5.97 Å². The molecule has 1 atom stereocenters. The smallest absolute Gasteiger partial charge is 0.326 e. The first-order valence-corrected chi connectivity index (χ1v) is 7.82. The predicted octanol–water partition coefficient (Wildman–Crippen LogP) is 2.96. The second-order valence-electron chi connectivity index (χ2n) is 5.41. The number of aryl methyl sites for hydroxylation is 1. The van der Waals surface area contributed by atoms with Gasteiger partial charge in [0.2, 0.25) is 0 Å². The number of hydrogen-bond donors (Lipinski definition) is 2. The molecule has 1 heterocycles. The molecule has 0 saturated carbocycles. The normalized spacial score (nSPS) is 12.2. The number of nitrogens with one attached hydrogen (secondary N) is 1. The van der Waals surface area contributed by atoms with E-state index in [0.29, 0.717) is 5.56 Å². The molecule has 0 radical (unpaired) electrons. The molecular formula is C16H18N2O3S. The van der Waals surface area contributed by atoms with Gasteiger partial charge < -0.3 is 10.4 Å². The fraction of sp³-hybridized carbons (Fsp3) is 0.312. The summed E-state index contributed by atoms with van der Waals surface area (Å²) in [7, 11) is 0. The van der Waals surface area contributed by atoms with E-state index in [4.69, 9.17) is 5.11 Å². The highest BCUT2D eigenvalue weighted by molar-refractivity contribution is 7.13. The highest BCUT2D eigenvalue weighted by Crippen LogP contribution is 2.24. The predicted molar refractivity (Wildman–Crippen MR) is 86.0 cm³/mol. The maximum absolute atomic E-state index is 12.3. The molecule has 116 valence electrons. The Hall–Kier alpha value is -2.21. The zero-order valence-corrected chi connectivity index (χ0v) is 13.5. The number of benzene rings is 1. The molecule has 0 fully saturated rings. The minimum Gasteiger partial charge on any atom is -0.480 e. The summed E-state index contributed by atoms with van der Waals surface area (Å²) in [5, 5.41) is 14.5. The number of amides is 1. The van der Waals surface area contributed by atoms with Crippen LogP contribution in [0.15, 0.2) is 29.6 Å². The first kappa shape index (κ1) is 16.2. The molecule has 22 heavy (non-hydrogen) atoms. The average molecular weight is 318 g/mol. The number of carboxylic acids is 1. The van der Waals surface area contributed by atoms with Gasteiger partial charge in [-0.2, -0.15) is 0 Å². The van der Waals surface area contributed by atoms with Crippen molar-refractivity contribution in [2.24, 2.45) is 5.92 Å². The van der Waals surface area contributed by atoms with Crippen LogP contribution in [0.5, 0.6) is 0 Å². The lowest BCUT2D eigenvalue weighted by molar-refractivity contribution is -0.140. The number of carboxylic acid groups (broad SMARTS) is 1. The highest BCUT2D eigenvalue weighted by atomic mass is 32.1. The van der Waals surface area contributed by atoms with E-state index in [2.05, 4.69) is 10.3 Å². The monoisotopic (exact) mass is 318 g/mol. The fourth-order valence-corrected chi connectivity index (χ4v) is 2.81. The first-order valence-electron chi connectivity index (χ1n) is 6.94.